The van der Waals surface area contributed by atoms with Gasteiger partial charge in [0.25, 0.3) is 5.91 Å². The highest BCUT2D eigenvalue weighted by molar-refractivity contribution is 7.98. The number of hydrogen-bond donors (Lipinski definition) is 0. The Labute approximate surface area is 153 Å². The van der Waals surface area contributed by atoms with Crippen molar-refractivity contribution in [3.8, 4) is 0 Å². The molecular weight excluding hydrogens is 360 g/mol. The zero-order valence-corrected chi connectivity index (χ0v) is 15.4. The standard InChI is InChI=1S/C18H15ClN2OS2/c1-21-10-11-23-18(21)20-17(22)14-4-2-13(3-5-14)12-24-16-8-6-15(19)7-9-16/h2-11H,12H2,1H3. The van der Waals surface area contributed by atoms with E-state index in [1.54, 1.807) is 11.8 Å². The molecule has 0 aliphatic heterocycles. The molecular formula is C18H15ClN2OS2. The maximum atomic E-state index is 12.2. The van der Waals surface area contributed by atoms with Gasteiger partial charge in [0.05, 0.1) is 0 Å². The van der Waals surface area contributed by atoms with Gasteiger partial charge in [-0.25, -0.2) is 0 Å². The minimum absolute atomic E-state index is 0.218. The molecule has 0 unspecified atom stereocenters. The largest absolute Gasteiger partial charge is 0.327 e. The topological polar surface area (TPSA) is 34.4 Å². The second-order valence-corrected chi connectivity index (χ2v) is 7.51. The molecule has 0 aliphatic carbocycles. The summed E-state index contributed by atoms with van der Waals surface area (Å²) < 4.78 is 1.83. The lowest BCUT2D eigenvalue weighted by atomic mass is 10.1. The van der Waals surface area contributed by atoms with E-state index < -0.39 is 0 Å². The van der Waals surface area contributed by atoms with E-state index in [2.05, 4.69) is 4.99 Å². The quantitative estimate of drug-likeness (QED) is 0.616. The predicted molar refractivity (Wildman–Crippen MR) is 101 cm³/mol. The summed E-state index contributed by atoms with van der Waals surface area (Å²) in [6, 6.07) is 15.4. The molecule has 1 heterocycles. The predicted octanol–water partition coefficient (Wildman–Crippen LogP) is 4.77. The molecule has 6 heteroatoms. The lowest BCUT2D eigenvalue weighted by Gasteiger charge is -2.03. The van der Waals surface area contributed by atoms with Crippen molar-refractivity contribution < 1.29 is 4.79 Å². The van der Waals surface area contributed by atoms with Crippen molar-refractivity contribution in [2.45, 2.75) is 10.6 Å². The second-order valence-electron chi connectivity index (χ2n) is 5.15. The Morgan fingerprint density at radius 3 is 2.50 bits per heavy atom. The first-order valence-corrected chi connectivity index (χ1v) is 9.52. The molecule has 0 N–H and O–H groups in total. The number of rotatable bonds is 4. The SMILES string of the molecule is Cn1ccsc1=NC(=O)c1ccc(CSc2ccc(Cl)cc2)cc1. The lowest BCUT2D eigenvalue weighted by molar-refractivity contribution is 0.0998. The Bertz CT molecular complexity index is 896. The minimum Gasteiger partial charge on any atom is -0.327 e. The first kappa shape index (κ1) is 17.0. The zero-order valence-electron chi connectivity index (χ0n) is 13.0. The Morgan fingerprint density at radius 1 is 1.17 bits per heavy atom. The van der Waals surface area contributed by atoms with Gasteiger partial charge in [-0.2, -0.15) is 4.99 Å². The number of aryl methyl sites for hydroxylation is 1. The molecule has 3 nitrogen and oxygen atoms in total. The molecule has 0 saturated carbocycles. The number of aromatic nitrogens is 1. The van der Waals surface area contributed by atoms with E-state index in [0.29, 0.717) is 10.4 Å². The fraction of sp³-hybridized carbons (Fsp3) is 0.111. The Morgan fingerprint density at radius 2 is 1.88 bits per heavy atom. The number of carbonyl (C=O) groups excluding carboxylic acids is 1. The van der Waals surface area contributed by atoms with Crippen molar-refractivity contribution in [3.05, 3.63) is 81.1 Å². The van der Waals surface area contributed by atoms with Crippen LogP contribution in [0, 0.1) is 0 Å². The molecule has 24 heavy (non-hydrogen) atoms. The molecule has 3 aromatic rings. The summed E-state index contributed by atoms with van der Waals surface area (Å²) in [4.78, 5) is 18.2. The maximum absolute atomic E-state index is 12.2. The van der Waals surface area contributed by atoms with E-state index in [1.807, 2.05) is 71.7 Å². The van der Waals surface area contributed by atoms with E-state index in [4.69, 9.17) is 11.6 Å². The van der Waals surface area contributed by atoms with E-state index in [1.165, 1.54) is 16.2 Å². The van der Waals surface area contributed by atoms with E-state index >= 15 is 0 Å². The van der Waals surface area contributed by atoms with Crippen LogP contribution in [0.4, 0.5) is 0 Å². The van der Waals surface area contributed by atoms with Crippen LogP contribution in [0.5, 0.6) is 0 Å². The van der Waals surface area contributed by atoms with E-state index in [9.17, 15) is 4.79 Å². The first-order valence-electron chi connectivity index (χ1n) is 7.28. The molecule has 122 valence electrons. The third kappa shape index (κ3) is 4.38. The number of hydrogen-bond acceptors (Lipinski definition) is 3. The molecule has 3 rings (SSSR count). The molecule has 0 saturated heterocycles. The lowest BCUT2D eigenvalue weighted by Crippen LogP contribution is -2.12. The van der Waals surface area contributed by atoms with Crippen molar-refractivity contribution in [2.24, 2.45) is 12.0 Å². The van der Waals surface area contributed by atoms with Gasteiger partial charge in [-0.3, -0.25) is 4.79 Å². The fourth-order valence-electron chi connectivity index (χ4n) is 2.03. The van der Waals surface area contributed by atoms with Crippen molar-refractivity contribution in [1.29, 1.82) is 0 Å². The number of thioether (sulfide) groups is 1. The monoisotopic (exact) mass is 374 g/mol. The van der Waals surface area contributed by atoms with Crippen LogP contribution in [0.2, 0.25) is 5.02 Å². The smallest absolute Gasteiger partial charge is 0.279 e. The average Bonchev–Trinajstić information content (AvgIpc) is 3.00. The summed E-state index contributed by atoms with van der Waals surface area (Å²) in [5.41, 5.74) is 1.76. The third-order valence-corrected chi connectivity index (χ3v) is 5.56. The number of carbonyl (C=O) groups is 1. The summed E-state index contributed by atoms with van der Waals surface area (Å²) in [6.45, 7) is 0. The van der Waals surface area contributed by atoms with Crippen molar-refractivity contribution in [1.82, 2.24) is 4.57 Å². The van der Waals surface area contributed by atoms with Gasteiger partial charge in [-0.15, -0.1) is 23.1 Å². The van der Waals surface area contributed by atoms with Crippen LogP contribution in [0.3, 0.4) is 0 Å². The average molecular weight is 375 g/mol. The van der Waals surface area contributed by atoms with Crippen molar-refractivity contribution in [2.75, 3.05) is 0 Å². The summed E-state index contributed by atoms with van der Waals surface area (Å²) in [5, 5.41) is 2.65. The molecule has 0 fully saturated rings. The van der Waals surface area contributed by atoms with Gasteiger partial charge < -0.3 is 4.57 Å². The zero-order chi connectivity index (χ0) is 16.9. The highest BCUT2D eigenvalue weighted by atomic mass is 35.5. The third-order valence-electron chi connectivity index (χ3n) is 3.38. The summed E-state index contributed by atoms with van der Waals surface area (Å²) in [6.07, 6.45) is 1.88. The second kappa shape index (κ2) is 7.83. The normalized spacial score (nSPS) is 11.7. The van der Waals surface area contributed by atoms with E-state index in [0.717, 1.165) is 16.3 Å². The van der Waals surface area contributed by atoms with Crippen LogP contribution in [0.1, 0.15) is 15.9 Å². The number of thiazole rings is 1. The van der Waals surface area contributed by atoms with Gasteiger partial charge in [0.15, 0.2) is 4.80 Å². The number of amides is 1. The van der Waals surface area contributed by atoms with Gasteiger partial charge in [0.1, 0.15) is 0 Å². The van der Waals surface area contributed by atoms with Crippen LogP contribution in [0.15, 0.2) is 70.0 Å². The number of benzene rings is 2. The van der Waals surface area contributed by atoms with Gasteiger partial charge >= 0.3 is 0 Å². The van der Waals surface area contributed by atoms with Crippen LogP contribution in [-0.4, -0.2) is 10.5 Å². The van der Waals surface area contributed by atoms with E-state index in [-0.39, 0.29) is 5.91 Å². The molecule has 0 spiro atoms. The molecule has 0 radical (unpaired) electrons. The highest BCUT2D eigenvalue weighted by Gasteiger charge is 2.05. The van der Waals surface area contributed by atoms with Crippen LogP contribution in [0.25, 0.3) is 0 Å². The fourth-order valence-corrected chi connectivity index (χ4v) is 3.74. The number of nitrogens with zero attached hydrogens (tertiary/aromatic N) is 2. The highest BCUT2D eigenvalue weighted by Crippen LogP contribution is 2.24. The Hall–Kier alpha value is -1.82. The maximum Gasteiger partial charge on any atom is 0.279 e. The summed E-state index contributed by atoms with van der Waals surface area (Å²) >= 11 is 9.06. The minimum atomic E-state index is -0.218. The van der Waals surface area contributed by atoms with Gasteiger partial charge in [-0.1, -0.05) is 23.7 Å². The van der Waals surface area contributed by atoms with Gasteiger partial charge in [-0.05, 0) is 42.0 Å². The molecule has 1 amide bonds. The molecule has 1 aromatic heterocycles. The molecule has 0 atom stereocenters. The van der Waals surface area contributed by atoms with Crippen molar-refractivity contribution >= 4 is 40.6 Å². The van der Waals surface area contributed by atoms with Crippen LogP contribution < -0.4 is 4.80 Å². The van der Waals surface area contributed by atoms with Crippen LogP contribution in [-0.2, 0) is 12.8 Å². The van der Waals surface area contributed by atoms with Crippen molar-refractivity contribution in [3.63, 3.8) is 0 Å². The summed E-state index contributed by atoms with van der Waals surface area (Å²) in [5.74, 6) is 0.623. The molecule has 0 aliphatic rings. The Kier molecular flexibility index (Phi) is 5.56. The van der Waals surface area contributed by atoms with Gasteiger partial charge in [0.2, 0.25) is 0 Å². The first-order chi connectivity index (χ1) is 11.6. The number of halogens is 1. The molecule has 0 bridgehead atoms. The summed E-state index contributed by atoms with van der Waals surface area (Å²) in [7, 11) is 1.87. The van der Waals surface area contributed by atoms with Gasteiger partial charge in [0, 0.05) is 39.9 Å². The Balaban J connectivity index is 1.66. The molecule has 2 aromatic carbocycles. The van der Waals surface area contributed by atoms with Crippen LogP contribution >= 0.6 is 34.7 Å².